The maximum absolute atomic E-state index is 12.5. The highest BCUT2D eigenvalue weighted by atomic mass is 16.6. The van der Waals surface area contributed by atoms with E-state index in [4.69, 9.17) is 9.47 Å². The van der Waals surface area contributed by atoms with Gasteiger partial charge in [0.2, 0.25) is 0 Å². The lowest BCUT2D eigenvalue weighted by Gasteiger charge is -2.13. The first-order valence-corrected chi connectivity index (χ1v) is 14.7. The van der Waals surface area contributed by atoms with E-state index in [0.29, 0.717) is 17.8 Å². The first-order chi connectivity index (χ1) is 16.6. The van der Waals surface area contributed by atoms with Crippen molar-refractivity contribution in [2.24, 2.45) is 0 Å². The van der Waals surface area contributed by atoms with Crippen LogP contribution in [0.1, 0.15) is 162 Å². The zero-order valence-corrected chi connectivity index (χ0v) is 22.8. The summed E-state index contributed by atoms with van der Waals surface area (Å²) in [6.45, 7) is 5.92. The third-order valence-corrected chi connectivity index (χ3v) is 6.94. The van der Waals surface area contributed by atoms with Gasteiger partial charge < -0.3 is 9.47 Å². The zero-order chi connectivity index (χ0) is 24.9. The Hall–Kier alpha value is -1.32. The zero-order valence-electron chi connectivity index (χ0n) is 22.8. The lowest BCUT2D eigenvalue weighted by Crippen LogP contribution is -2.15. The molecule has 0 spiro atoms. The molecular formula is C30H54O4. The third kappa shape index (κ3) is 14.8. The van der Waals surface area contributed by atoms with Crippen molar-refractivity contribution in [3.05, 3.63) is 11.3 Å². The van der Waals surface area contributed by atoms with Crippen molar-refractivity contribution in [2.75, 3.05) is 0 Å². The first-order valence-electron chi connectivity index (χ1n) is 14.7. The second-order valence-electron chi connectivity index (χ2n) is 10.2. The van der Waals surface area contributed by atoms with E-state index in [9.17, 15) is 9.59 Å². The van der Waals surface area contributed by atoms with Crippen molar-refractivity contribution in [3.8, 4) is 0 Å². The third-order valence-electron chi connectivity index (χ3n) is 6.94. The minimum absolute atomic E-state index is 0.274. The number of cyclic esters (lactones) is 1. The van der Waals surface area contributed by atoms with Gasteiger partial charge in [0, 0.05) is 6.92 Å². The van der Waals surface area contributed by atoms with Gasteiger partial charge in [0.15, 0.2) is 11.9 Å². The van der Waals surface area contributed by atoms with Gasteiger partial charge in [-0.2, -0.15) is 0 Å². The fraction of sp³-hybridized carbons (Fsp3) is 0.867. The van der Waals surface area contributed by atoms with Gasteiger partial charge in [-0.3, -0.25) is 4.79 Å². The van der Waals surface area contributed by atoms with Gasteiger partial charge in [-0.15, -0.1) is 0 Å². The molecule has 198 valence electrons. The molecule has 1 aliphatic heterocycles. The summed E-state index contributed by atoms with van der Waals surface area (Å²) in [5, 5.41) is 0. The molecule has 1 aliphatic rings. The van der Waals surface area contributed by atoms with Gasteiger partial charge in [-0.25, -0.2) is 4.79 Å². The Morgan fingerprint density at radius 1 is 0.676 bits per heavy atom. The molecule has 0 fully saturated rings. The predicted octanol–water partition coefficient (Wildman–Crippen LogP) is 9.35. The topological polar surface area (TPSA) is 52.6 Å². The van der Waals surface area contributed by atoms with E-state index in [1.165, 1.54) is 110 Å². The lowest BCUT2D eigenvalue weighted by molar-refractivity contribution is -0.144. The van der Waals surface area contributed by atoms with E-state index < -0.39 is 0 Å². The van der Waals surface area contributed by atoms with Crippen LogP contribution in [0.5, 0.6) is 0 Å². The van der Waals surface area contributed by atoms with Crippen molar-refractivity contribution in [1.29, 1.82) is 0 Å². The minimum Gasteiger partial charge on any atom is -0.451 e. The van der Waals surface area contributed by atoms with E-state index in [2.05, 4.69) is 13.8 Å². The molecule has 0 N–H and O–H groups in total. The molecule has 0 amide bonds. The van der Waals surface area contributed by atoms with Crippen molar-refractivity contribution >= 4 is 11.9 Å². The average Bonchev–Trinajstić information content (AvgIpc) is 3.09. The highest BCUT2D eigenvalue weighted by Crippen LogP contribution is 2.31. The highest BCUT2D eigenvalue weighted by Gasteiger charge is 2.35. The summed E-state index contributed by atoms with van der Waals surface area (Å²) in [6.07, 6.45) is 26.4. The van der Waals surface area contributed by atoms with Crippen molar-refractivity contribution in [2.45, 2.75) is 168 Å². The largest absolute Gasteiger partial charge is 0.451 e. The van der Waals surface area contributed by atoms with Crippen LogP contribution in [0.25, 0.3) is 0 Å². The molecule has 1 atom stereocenters. The minimum atomic E-state index is -0.372. The van der Waals surface area contributed by atoms with Crippen molar-refractivity contribution < 1.29 is 19.1 Å². The van der Waals surface area contributed by atoms with Crippen LogP contribution in [-0.2, 0) is 19.1 Å². The summed E-state index contributed by atoms with van der Waals surface area (Å²) < 4.78 is 11.1. The molecule has 1 heterocycles. The SMILES string of the molecule is CCCCCCCCCCCCC1=C(OC(C)=O)C(CCCCCCCCCCCC)OC1=O. The number of carbonyl (C=O) groups excluding carboxylic acids is 2. The van der Waals surface area contributed by atoms with Crippen LogP contribution in [0.3, 0.4) is 0 Å². The number of hydrogen-bond donors (Lipinski definition) is 0. The van der Waals surface area contributed by atoms with Crippen LogP contribution < -0.4 is 0 Å². The maximum Gasteiger partial charge on any atom is 0.338 e. The molecule has 0 saturated heterocycles. The summed E-state index contributed by atoms with van der Waals surface area (Å²) in [4.78, 5) is 24.1. The van der Waals surface area contributed by atoms with Crippen LogP contribution in [0.2, 0.25) is 0 Å². The van der Waals surface area contributed by atoms with Crippen LogP contribution in [0.4, 0.5) is 0 Å². The molecule has 0 bridgehead atoms. The normalized spacial score (nSPS) is 15.7. The van der Waals surface area contributed by atoms with Gasteiger partial charge >= 0.3 is 11.9 Å². The van der Waals surface area contributed by atoms with Gasteiger partial charge in [-0.05, 0) is 25.7 Å². The number of esters is 2. The van der Waals surface area contributed by atoms with Gasteiger partial charge in [-0.1, -0.05) is 129 Å². The summed E-state index contributed by atoms with van der Waals surface area (Å²) >= 11 is 0. The fourth-order valence-corrected chi connectivity index (χ4v) is 4.85. The lowest BCUT2D eigenvalue weighted by atomic mass is 10.0. The first kappa shape index (κ1) is 30.7. The molecule has 0 aromatic heterocycles. The molecule has 0 saturated carbocycles. The Bertz CT molecular complexity index is 566. The van der Waals surface area contributed by atoms with E-state index in [1.807, 2.05) is 0 Å². The molecule has 1 rings (SSSR count). The van der Waals surface area contributed by atoms with E-state index in [1.54, 1.807) is 0 Å². The maximum atomic E-state index is 12.5. The summed E-state index contributed by atoms with van der Waals surface area (Å²) in [5.41, 5.74) is 0.604. The Morgan fingerprint density at radius 3 is 1.53 bits per heavy atom. The molecule has 0 aromatic carbocycles. The molecular weight excluding hydrogens is 424 g/mol. The number of hydrogen-bond acceptors (Lipinski definition) is 4. The van der Waals surface area contributed by atoms with Crippen molar-refractivity contribution in [3.63, 3.8) is 0 Å². The Labute approximate surface area is 210 Å². The van der Waals surface area contributed by atoms with Crippen molar-refractivity contribution in [1.82, 2.24) is 0 Å². The number of ether oxygens (including phenoxy) is 2. The summed E-state index contributed by atoms with van der Waals surface area (Å²) in [6, 6.07) is 0. The molecule has 0 aromatic rings. The molecule has 4 heteroatoms. The summed E-state index contributed by atoms with van der Waals surface area (Å²) in [5.74, 6) is -0.129. The molecule has 1 unspecified atom stereocenters. The van der Waals surface area contributed by atoms with Gasteiger partial charge in [0.1, 0.15) is 0 Å². The van der Waals surface area contributed by atoms with Crippen LogP contribution in [0.15, 0.2) is 11.3 Å². The Kier molecular flexibility index (Phi) is 19.0. The second-order valence-corrected chi connectivity index (χ2v) is 10.2. The van der Waals surface area contributed by atoms with E-state index in [0.717, 1.165) is 32.1 Å². The van der Waals surface area contributed by atoms with Gasteiger partial charge in [0.25, 0.3) is 0 Å². The van der Waals surface area contributed by atoms with E-state index >= 15 is 0 Å². The Balaban J connectivity index is 2.26. The predicted molar refractivity (Wildman–Crippen MR) is 142 cm³/mol. The number of unbranched alkanes of at least 4 members (excludes halogenated alkanes) is 18. The standard InChI is InChI=1S/C30H54O4/c1-4-6-8-10-12-14-16-18-20-22-24-27-29(33-26(3)31)28(34-30(27)32)25-23-21-19-17-15-13-11-9-7-5-2/h28H,4-25H2,1-3H3. The second kappa shape index (κ2) is 21.0. The quantitative estimate of drug-likeness (QED) is 0.108. The number of carbonyl (C=O) groups is 2. The smallest absolute Gasteiger partial charge is 0.338 e. The average molecular weight is 479 g/mol. The molecule has 4 nitrogen and oxygen atoms in total. The van der Waals surface area contributed by atoms with Gasteiger partial charge in [0.05, 0.1) is 5.57 Å². The molecule has 0 aliphatic carbocycles. The molecule has 34 heavy (non-hydrogen) atoms. The van der Waals surface area contributed by atoms with Crippen LogP contribution in [0, 0.1) is 0 Å². The monoisotopic (exact) mass is 478 g/mol. The molecule has 0 radical (unpaired) electrons. The van der Waals surface area contributed by atoms with Crippen LogP contribution >= 0.6 is 0 Å². The summed E-state index contributed by atoms with van der Waals surface area (Å²) in [7, 11) is 0. The van der Waals surface area contributed by atoms with Crippen LogP contribution in [-0.4, -0.2) is 18.0 Å². The fourth-order valence-electron chi connectivity index (χ4n) is 4.85. The van der Waals surface area contributed by atoms with E-state index in [-0.39, 0.29) is 18.0 Å². The Morgan fingerprint density at radius 2 is 1.09 bits per heavy atom. The highest BCUT2D eigenvalue weighted by molar-refractivity contribution is 5.92. The number of rotatable bonds is 23.